The van der Waals surface area contributed by atoms with E-state index >= 15 is 0 Å². The SMILES string of the molecule is CCc1cc(-c2ncco2)cc(C)c1C(=O)NC(Cc1ccc(N2CCC(CNc3ccccn3)CC2)cc1)C(=O)O. The van der Waals surface area contributed by atoms with Gasteiger partial charge < -0.3 is 25.1 Å². The number of anilines is 2. The van der Waals surface area contributed by atoms with Crippen LogP contribution in [-0.2, 0) is 17.6 Å². The highest BCUT2D eigenvalue weighted by atomic mass is 16.4. The summed E-state index contributed by atoms with van der Waals surface area (Å²) in [4.78, 5) is 36.4. The number of carbonyl (C=O) groups is 2. The molecule has 1 saturated heterocycles. The minimum absolute atomic E-state index is 0.192. The number of aromatic nitrogens is 2. The normalized spacial score (nSPS) is 14.4. The lowest BCUT2D eigenvalue weighted by Gasteiger charge is -2.34. The van der Waals surface area contributed by atoms with Crippen molar-refractivity contribution in [2.24, 2.45) is 5.92 Å². The molecule has 5 rings (SSSR count). The van der Waals surface area contributed by atoms with Crippen LogP contribution in [-0.4, -0.2) is 52.6 Å². The Kier molecular flexibility index (Phi) is 9.16. The summed E-state index contributed by atoms with van der Waals surface area (Å²) in [6, 6.07) is 16.6. The van der Waals surface area contributed by atoms with Crippen molar-refractivity contribution in [3.63, 3.8) is 0 Å². The third-order valence-corrected chi connectivity index (χ3v) is 7.90. The first kappa shape index (κ1) is 28.9. The number of benzene rings is 2. The summed E-state index contributed by atoms with van der Waals surface area (Å²) in [5.41, 5.74) is 4.81. The van der Waals surface area contributed by atoms with Gasteiger partial charge in [-0.15, -0.1) is 0 Å². The van der Waals surface area contributed by atoms with Gasteiger partial charge in [0.05, 0.1) is 6.20 Å². The number of hydrogen-bond donors (Lipinski definition) is 3. The standard InChI is InChI=1S/C33H37N5O4/c1-3-25-20-26(32-35-14-17-42-32)18-22(2)30(25)31(39)37-28(33(40)41)19-23-7-9-27(10-8-23)38-15-11-24(12-16-38)21-36-29-6-4-5-13-34-29/h4-10,13-14,17-18,20,24,28H,3,11-12,15-16,19,21H2,1-2H3,(H,34,36)(H,37,39)(H,40,41). The number of amides is 1. The molecule has 0 saturated carbocycles. The number of nitrogens with one attached hydrogen (secondary N) is 2. The number of pyridine rings is 1. The second kappa shape index (κ2) is 13.3. The first-order chi connectivity index (χ1) is 20.4. The largest absolute Gasteiger partial charge is 0.480 e. The molecule has 1 aliphatic rings. The highest BCUT2D eigenvalue weighted by Crippen LogP contribution is 2.26. The third kappa shape index (κ3) is 6.97. The molecule has 0 spiro atoms. The second-order valence-corrected chi connectivity index (χ2v) is 10.8. The Morgan fingerprint density at radius 2 is 1.86 bits per heavy atom. The average molecular weight is 568 g/mol. The molecule has 9 heteroatoms. The van der Waals surface area contributed by atoms with Crippen LogP contribution in [0.4, 0.5) is 11.5 Å². The highest BCUT2D eigenvalue weighted by Gasteiger charge is 2.25. The Hall–Kier alpha value is -4.66. The van der Waals surface area contributed by atoms with Crippen LogP contribution < -0.4 is 15.5 Å². The fraction of sp³-hybridized carbons (Fsp3) is 0.333. The van der Waals surface area contributed by atoms with Crippen molar-refractivity contribution in [2.45, 2.75) is 45.6 Å². The van der Waals surface area contributed by atoms with E-state index < -0.39 is 17.9 Å². The molecule has 1 amide bonds. The summed E-state index contributed by atoms with van der Waals surface area (Å²) in [5.74, 6) is 0.521. The lowest BCUT2D eigenvalue weighted by Crippen LogP contribution is -2.42. The molecule has 0 radical (unpaired) electrons. The predicted octanol–water partition coefficient (Wildman–Crippen LogP) is 5.36. The van der Waals surface area contributed by atoms with Crippen molar-refractivity contribution in [1.29, 1.82) is 0 Å². The Morgan fingerprint density at radius 3 is 2.50 bits per heavy atom. The number of aryl methyl sites for hydroxylation is 2. The fourth-order valence-corrected chi connectivity index (χ4v) is 5.57. The van der Waals surface area contributed by atoms with Crippen LogP contribution in [0.15, 0.2) is 77.7 Å². The monoisotopic (exact) mass is 567 g/mol. The first-order valence-electron chi connectivity index (χ1n) is 14.5. The summed E-state index contributed by atoms with van der Waals surface area (Å²) < 4.78 is 5.42. The smallest absolute Gasteiger partial charge is 0.326 e. The van der Waals surface area contributed by atoms with Crippen molar-refractivity contribution < 1.29 is 19.1 Å². The highest BCUT2D eigenvalue weighted by molar-refractivity contribution is 5.99. The molecule has 1 fully saturated rings. The van der Waals surface area contributed by atoms with E-state index in [0.29, 0.717) is 23.8 Å². The second-order valence-electron chi connectivity index (χ2n) is 10.8. The van der Waals surface area contributed by atoms with Crippen LogP contribution in [0.2, 0.25) is 0 Å². The number of carbonyl (C=O) groups excluding carboxylic acids is 1. The summed E-state index contributed by atoms with van der Waals surface area (Å²) in [7, 11) is 0. The number of carboxylic acid groups (broad SMARTS) is 1. The summed E-state index contributed by atoms with van der Waals surface area (Å²) in [6.07, 6.45) is 7.86. The summed E-state index contributed by atoms with van der Waals surface area (Å²) in [6.45, 7) is 6.65. The lowest BCUT2D eigenvalue weighted by atomic mass is 9.95. The van der Waals surface area contributed by atoms with E-state index in [1.807, 2.05) is 68.4 Å². The quantitative estimate of drug-likeness (QED) is 0.222. The Balaban J connectivity index is 1.18. The zero-order valence-corrected chi connectivity index (χ0v) is 24.0. The molecule has 42 heavy (non-hydrogen) atoms. The minimum atomic E-state index is -1.07. The molecular formula is C33H37N5O4. The van der Waals surface area contributed by atoms with E-state index in [-0.39, 0.29) is 6.42 Å². The molecule has 2 aromatic heterocycles. The third-order valence-electron chi connectivity index (χ3n) is 7.90. The number of hydrogen-bond acceptors (Lipinski definition) is 7. The van der Waals surface area contributed by atoms with Crippen molar-refractivity contribution in [3.8, 4) is 11.5 Å². The molecule has 1 unspecified atom stereocenters. The van der Waals surface area contributed by atoms with Crippen molar-refractivity contribution in [3.05, 3.63) is 95.5 Å². The molecule has 1 aliphatic heterocycles. The van der Waals surface area contributed by atoms with Gasteiger partial charge in [0.1, 0.15) is 18.1 Å². The van der Waals surface area contributed by atoms with Gasteiger partial charge >= 0.3 is 5.97 Å². The van der Waals surface area contributed by atoms with Gasteiger partial charge in [-0.3, -0.25) is 4.79 Å². The van der Waals surface area contributed by atoms with E-state index in [1.165, 1.54) is 6.26 Å². The molecule has 2 aromatic carbocycles. The van der Waals surface area contributed by atoms with Crippen LogP contribution in [0.25, 0.3) is 11.5 Å². The zero-order chi connectivity index (χ0) is 29.5. The van der Waals surface area contributed by atoms with Crippen molar-refractivity contribution in [1.82, 2.24) is 15.3 Å². The number of oxazole rings is 1. The van der Waals surface area contributed by atoms with Crippen LogP contribution in [0.1, 0.15) is 46.8 Å². The van der Waals surface area contributed by atoms with Gasteiger partial charge in [-0.25, -0.2) is 14.8 Å². The molecule has 3 heterocycles. The number of piperidine rings is 1. The van der Waals surface area contributed by atoms with Gasteiger partial charge in [0, 0.05) is 49.1 Å². The van der Waals surface area contributed by atoms with E-state index in [2.05, 4.69) is 25.5 Å². The minimum Gasteiger partial charge on any atom is -0.480 e. The van der Waals surface area contributed by atoms with Gasteiger partial charge in [0.2, 0.25) is 5.89 Å². The van der Waals surface area contributed by atoms with Crippen LogP contribution in [0.3, 0.4) is 0 Å². The van der Waals surface area contributed by atoms with Gasteiger partial charge in [-0.1, -0.05) is 25.1 Å². The number of rotatable bonds is 11. The molecule has 3 N–H and O–H groups in total. The molecule has 0 aliphatic carbocycles. The van der Waals surface area contributed by atoms with E-state index in [0.717, 1.165) is 66.2 Å². The Bertz CT molecular complexity index is 1480. The molecule has 1 atom stereocenters. The molecule has 9 nitrogen and oxygen atoms in total. The van der Waals surface area contributed by atoms with Gasteiger partial charge in [-0.2, -0.15) is 0 Å². The molecule has 4 aromatic rings. The lowest BCUT2D eigenvalue weighted by molar-refractivity contribution is -0.139. The van der Waals surface area contributed by atoms with E-state index in [1.54, 1.807) is 12.4 Å². The van der Waals surface area contributed by atoms with Crippen molar-refractivity contribution >= 4 is 23.4 Å². The molecule has 218 valence electrons. The number of nitrogens with zero attached hydrogens (tertiary/aromatic N) is 3. The predicted molar refractivity (Wildman–Crippen MR) is 163 cm³/mol. The van der Waals surface area contributed by atoms with Crippen LogP contribution in [0, 0.1) is 12.8 Å². The zero-order valence-electron chi connectivity index (χ0n) is 24.0. The summed E-state index contributed by atoms with van der Waals surface area (Å²) in [5, 5.41) is 16.1. The maximum absolute atomic E-state index is 13.3. The average Bonchev–Trinajstić information content (AvgIpc) is 3.56. The van der Waals surface area contributed by atoms with Crippen LogP contribution >= 0.6 is 0 Å². The molecule has 0 bridgehead atoms. The van der Waals surface area contributed by atoms with Gasteiger partial charge in [0.15, 0.2) is 0 Å². The van der Waals surface area contributed by atoms with Crippen LogP contribution in [0.5, 0.6) is 0 Å². The number of aliphatic carboxylic acids is 1. The van der Waals surface area contributed by atoms with Gasteiger partial charge in [0.25, 0.3) is 5.91 Å². The van der Waals surface area contributed by atoms with Gasteiger partial charge in [-0.05, 0) is 85.2 Å². The van der Waals surface area contributed by atoms with E-state index in [4.69, 9.17) is 4.42 Å². The van der Waals surface area contributed by atoms with E-state index in [9.17, 15) is 14.7 Å². The Labute approximate surface area is 246 Å². The first-order valence-corrected chi connectivity index (χ1v) is 14.5. The fourth-order valence-electron chi connectivity index (χ4n) is 5.57. The maximum atomic E-state index is 13.3. The Morgan fingerprint density at radius 1 is 1.07 bits per heavy atom. The van der Waals surface area contributed by atoms with Crippen molar-refractivity contribution in [2.75, 3.05) is 29.9 Å². The maximum Gasteiger partial charge on any atom is 0.326 e. The molecular weight excluding hydrogens is 530 g/mol. The number of carboxylic acids is 1. The topological polar surface area (TPSA) is 121 Å². The summed E-state index contributed by atoms with van der Waals surface area (Å²) >= 11 is 0.